The Morgan fingerprint density at radius 2 is 1.72 bits per heavy atom. The number of aliphatic carboxylic acids is 1. The molecule has 25 heavy (non-hydrogen) atoms. The van der Waals surface area contributed by atoms with Crippen LogP contribution in [0.5, 0.6) is 0 Å². The number of hydrogen-bond acceptors (Lipinski definition) is 5. The van der Waals surface area contributed by atoms with E-state index in [1.807, 2.05) is 0 Å². The van der Waals surface area contributed by atoms with Gasteiger partial charge in [0.15, 0.2) is 0 Å². The summed E-state index contributed by atoms with van der Waals surface area (Å²) in [7, 11) is 0. The fraction of sp³-hybridized carbons (Fsp3) is 0.471. The van der Waals surface area contributed by atoms with Crippen molar-refractivity contribution >= 4 is 29.6 Å². The molecule has 2 atom stereocenters. The number of esters is 1. The summed E-state index contributed by atoms with van der Waals surface area (Å²) >= 11 is 5.79. The highest BCUT2D eigenvalue weighted by atomic mass is 35.5. The smallest absolute Gasteiger partial charge is 0.410 e. The zero-order chi connectivity index (χ0) is 19.0. The van der Waals surface area contributed by atoms with E-state index in [4.69, 9.17) is 21.1 Å². The van der Waals surface area contributed by atoms with Crippen LogP contribution in [0.15, 0.2) is 24.3 Å². The number of rotatable bonds is 8. The lowest BCUT2D eigenvalue weighted by atomic mass is 9.96. The largest absolute Gasteiger partial charge is 0.481 e. The Kier molecular flexibility index (Phi) is 8.21. The maximum atomic E-state index is 11.6. The van der Waals surface area contributed by atoms with Crippen LogP contribution in [0.25, 0.3) is 0 Å². The zero-order valence-corrected chi connectivity index (χ0v) is 15.1. The van der Waals surface area contributed by atoms with Gasteiger partial charge in [-0.15, -0.1) is 0 Å². The number of amides is 1. The first-order valence-corrected chi connectivity index (χ1v) is 8.21. The molecule has 1 amide bonds. The van der Waals surface area contributed by atoms with Gasteiger partial charge in [0.05, 0.1) is 11.8 Å². The molecule has 0 heterocycles. The molecule has 0 fully saturated rings. The average molecular weight is 372 g/mol. The quantitative estimate of drug-likeness (QED) is 0.537. The van der Waals surface area contributed by atoms with Gasteiger partial charge in [-0.3, -0.25) is 9.59 Å². The van der Waals surface area contributed by atoms with E-state index in [-0.39, 0.29) is 18.9 Å². The fourth-order valence-corrected chi connectivity index (χ4v) is 2.09. The monoisotopic (exact) mass is 371 g/mol. The number of alkyl carbamates (subject to hydrolysis) is 1. The normalized spacial score (nSPS) is 13.0. The van der Waals surface area contributed by atoms with Crippen molar-refractivity contribution < 1.29 is 29.0 Å². The molecule has 0 saturated carbocycles. The molecule has 0 saturated heterocycles. The lowest BCUT2D eigenvalue weighted by molar-refractivity contribution is -0.168. The Hall–Kier alpha value is -2.28. The number of hydrogen-bond donors (Lipinski definition) is 2. The molecule has 2 unspecified atom stereocenters. The maximum Gasteiger partial charge on any atom is 0.410 e. The van der Waals surface area contributed by atoms with Crippen LogP contribution >= 0.6 is 11.6 Å². The first kappa shape index (κ1) is 20.8. The topological polar surface area (TPSA) is 102 Å². The number of nitrogens with one attached hydrogen (secondary N) is 1. The first-order chi connectivity index (χ1) is 11.7. The highest BCUT2D eigenvalue weighted by Crippen LogP contribution is 2.21. The van der Waals surface area contributed by atoms with E-state index in [0.717, 1.165) is 0 Å². The van der Waals surface area contributed by atoms with Crippen molar-refractivity contribution in [1.29, 1.82) is 0 Å². The highest BCUT2D eigenvalue weighted by Gasteiger charge is 2.21. The predicted octanol–water partition coefficient (Wildman–Crippen LogP) is 3.17. The van der Waals surface area contributed by atoms with Crippen LogP contribution < -0.4 is 5.32 Å². The average Bonchev–Trinajstić information content (AvgIpc) is 2.52. The molecule has 2 N–H and O–H groups in total. The van der Waals surface area contributed by atoms with Crippen LogP contribution in [0.4, 0.5) is 4.79 Å². The van der Waals surface area contributed by atoms with Crippen molar-refractivity contribution in [2.45, 2.75) is 39.4 Å². The van der Waals surface area contributed by atoms with Crippen LogP contribution in [-0.4, -0.2) is 36.0 Å². The molecular formula is C17H22ClNO6. The molecule has 0 radical (unpaired) electrons. The van der Waals surface area contributed by atoms with E-state index in [1.54, 1.807) is 38.1 Å². The third kappa shape index (κ3) is 7.43. The molecule has 0 bridgehead atoms. The minimum absolute atomic E-state index is 0.0866. The molecule has 138 valence electrons. The summed E-state index contributed by atoms with van der Waals surface area (Å²) in [5.74, 6) is -2.59. The molecule has 7 nitrogen and oxygen atoms in total. The van der Waals surface area contributed by atoms with Crippen LogP contribution in [0.2, 0.25) is 5.02 Å². The van der Waals surface area contributed by atoms with E-state index < -0.39 is 30.2 Å². The maximum absolute atomic E-state index is 11.6. The fourth-order valence-electron chi connectivity index (χ4n) is 1.96. The van der Waals surface area contributed by atoms with E-state index in [2.05, 4.69) is 5.32 Å². The molecule has 0 aliphatic heterocycles. The molecule has 1 rings (SSSR count). The molecule has 0 aliphatic rings. The summed E-state index contributed by atoms with van der Waals surface area (Å²) in [4.78, 5) is 34.4. The third-order valence-electron chi connectivity index (χ3n) is 3.30. The second kappa shape index (κ2) is 9.88. The van der Waals surface area contributed by atoms with Gasteiger partial charge in [-0.25, -0.2) is 4.79 Å². The van der Waals surface area contributed by atoms with Gasteiger partial charge in [-0.1, -0.05) is 37.6 Å². The number of benzene rings is 1. The Morgan fingerprint density at radius 1 is 1.12 bits per heavy atom. The van der Waals surface area contributed by atoms with Crippen molar-refractivity contribution in [1.82, 2.24) is 5.32 Å². The minimum atomic E-state index is -1.03. The van der Waals surface area contributed by atoms with Crippen molar-refractivity contribution in [3.05, 3.63) is 34.9 Å². The van der Waals surface area contributed by atoms with E-state index in [1.165, 1.54) is 6.92 Å². The molecule has 0 aliphatic carbocycles. The van der Waals surface area contributed by atoms with Gasteiger partial charge >= 0.3 is 18.0 Å². The van der Waals surface area contributed by atoms with Crippen LogP contribution in [0.3, 0.4) is 0 Å². The van der Waals surface area contributed by atoms with Crippen molar-refractivity contribution in [2.24, 2.45) is 5.92 Å². The van der Waals surface area contributed by atoms with E-state index in [0.29, 0.717) is 10.6 Å². The van der Waals surface area contributed by atoms with Gasteiger partial charge < -0.3 is 19.9 Å². The van der Waals surface area contributed by atoms with Crippen LogP contribution in [0.1, 0.15) is 38.7 Å². The summed E-state index contributed by atoms with van der Waals surface area (Å²) in [6.07, 6.45) is -1.64. The Bertz CT molecular complexity index is 602. The lowest BCUT2D eigenvalue weighted by Gasteiger charge is -2.17. The van der Waals surface area contributed by atoms with Gasteiger partial charge in [-0.2, -0.15) is 0 Å². The Balaban J connectivity index is 2.45. The van der Waals surface area contributed by atoms with E-state index in [9.17, 15) is 19.5 Å². The lowest BCUT2D eigenvalue weighted by Crippen LogP contribution is -2.32. The first-order valence-electron chi connectivity index (χ1n) is 7.84. The third-order valence-corrected chi connectivity index (χ3v) is 3.55. The van der Waals surface area contributed by atoms with E-state index >= 15 is 0 Å². The number of ether oxygens (including phenoxy) is 2. The summed E-state index contributed by atoms with van der Waals surface area (Å²) in [6, 6.07) is 6.48. The second-order valence-electron chi connectivity index (χ2n) is 5.72. The van der Waals surface area contributed by atoms with Crippen molar-refractivity contribution in [2.75, 3.05) is 6.54 Å². The van der Waals surface area contributed by atoms with Gasteiger partial charge in [0, 0.05) is 18.5 Å². The van der Waals surface area contributed by atoms with Gasteiger partial charge in [-0.05, 0) is 24.1 Å². The second-order valence-corrected chi connectivity index (χ2v) is 6.16. The predicted molar refractivity (Wildman–Crippen MR) is 91.3 cm³/mol. The highest BCUT2D eigenvalue weighted by molar-refractivity contribution is 6.30. The summed E-state index contributed by atoms with van der Waals surface area (Å²) in [6.45, 7) is 4.84. The minimum Gasteiger partial charge on any atom is -0.481 e. The summed E-state index contributed by atoms with van der Waals surface area (Å²) < 4.78 is 9.78. The standard InChI is InChI=1S/C17H22ClNO6/c1-10(2)16(22)24-11(3)25-17(23)19-9-8-14(15(20)21)12-4-6-13(18)7-5-12/h4-7,10-11,14H,8-9H2,1-3H3,(H,19,23)(H,20,21). The van der Waals surface area contributed by atoms with Crippen LogP contribution in [-0.2, 0) is 19.1 Å². The van der Waals surface area contributed by atoms with Gasteiger partial charge in [0.1, 0.15) is 0 Å². The number of carbonyl (C=O) groups excluding carboxylic acids is 2. The van der Waals surface area contributed by atoms with Gasteiger partial charge in [0.25, 0.3) is 0 Å². The molecule has 0 aromatic heterocycles. The molecule has 8 heteroatoms. The summed E-state index contributed by atoms with van der Waals surface area (Å²) in [5.41, 5.74) is 0.589. The number of halogens is 1. The van der Waals surface area contributed by atoms with Crippen molar-refractivity contribution in [3.63, 3.8) is 0 Å². The molecule has 0 spiro atoms. The molecular weight excluding hydrogens is 350 g/mol. The zero-order valence-electron chi connectivity index (χ0n) is 14.3. The van der Waals surface area contributed by atoms with Crippen molar-refractivity contribution in [3.8, 4) is 0 Å². The Morgan fingerprint density at radius 3 is 2.24 bits per heavy atom. The SMILES string of the molecule is CC(OC(=O)NCCC(C(=O)O)c1ccc(Cl)cc1)OC(=O)C(C)C. The van der Waals surface area contributed by atoms with Crippen LogP contribution in [0, 0.1) is 5.92 Å². The number of carboxylic acids is 1. The molecule has 1 aromatic carbocycles. The number of carbonyl (C=O) groups is 3. The number of carboxylic acid groups (broad SMARTS) is 1. The molecule has 1 aromatic rings. The Labute approximate surface area is 151 Å². The van der Waals surface area contributed by atoms with Gasteiger partial charge in [0.2, 0.25) is 6.29 Å². The summed E-state index contributed by atoms with van der Waals surface area (Å²) in [5, 5.41) is 12.3.